The Kier molecular flexibility index (Phi) is 4.11. The van der Waals surface area contributed by atoms with Crippen LogP contribution in [-0.2, 0) is 7.05 Å². The predicted octanol–water partition coefficient (Wildman–Crippen LogP) is 3.94. The summed E-state index contributed by atoms with van der Waals surface area (Å²) in [7, 11) is 1.92. The number of hydrogen-bond donors (Lipinski definition) is 2. The highest BCUT2D eigenvalue weighted by Crippen LogP contribution is 2.32. The van der Waals surface area contributed by atoms with Crippen molar-refractivity contribution in [2.75, 3.05) is 0 Å². The molecule has 0 saturated carbocycles. The normalized spacial score (nSPS) is 11.3. The van der Waals surface area contributed by atoms with Crippen molar-refractivity contribution in [1.82, 2.24) is 15.0 Å². The van der Waals surface area contributed by atoms with Gasteiger partial charge in [0.2, 0.25) is 0 Å². The van der Waals surface area contributed by atoms with Crippen molar-refractivity contribution in [1.29, 1.82) is 0 Å². The molecular weight excluding hydrogens is 324 g/mol. The van der Waals surface area contributed by atoms with E-state index < -0.39 is 0 Å². The Balaban J connectivity index is 1.70. The molecule has 2 heterocycles. The lowest BCUT2D eigenvalue weighted by atomic mass is 10.0. The zero-order chi connectivity index (χ0) is 17.9. The Bertz CT molecular complexity index is 1090. The first-order chi connectivity index (χ1) is 12.7. The Hall–Kier alpha value is -3.60. The second-order valence-corrected chi connectivity index (χ2v) is 6.03. The molecule has 128 valence electrons. The molecule has 0 aliphatic carbocycles. The lowest BCUT2D eigenvalue weighted by Crippen LogP contribution is -2.19. The molecule has 5 nitrogen and oxygen atoms in total. The molecule has 5 heteroatoms. The lowest BCUT2D eigenvalue weighted by molar-refractivity contribution is 0.0951. The van der Waals surface area contributed by atoms with Crippen molar-refractivity contribution in [2.45, 2.75) is 0 Å². The van der Waals surface area contributed by atoms with E-state index in [4.69, 9.17) is 0 Å². The number of aryl methyl sites for hydroxylation is 1. The minimum absolute atomic E-state index is 0.273. The maximum Gasteiger partial charge on any atom is 0.288 e. The van der Waals surface area contributed by atoms with Crippen LogP contribution in [0.5, 0.6) is 0 Å². The average molecular weight is 342 g/mol. The van der Waals surface area contributed by atoms with Crippen molar-refractivity contribution in [2.24, 2.45) is 12.1 Å². The number of nitrogens with one attached hydrogen (secondary N) is 2. The van der Waals surface area contributed by atoms with Gasteiger partial charge in [0.05, 0.1) is 11.9 Å². The Morgan fingerprint density at radius 2 is 1.81 bits per heavy atom. The molecule has 0 fully saturated rings. The van der Waals surface area contributed by atoms with Gasteiger partial charge in [-0.2, -0.15) is 5.10 Å². The van der Waals surface area contributed by atoms with Crippen molar-refractivity contribution in [3.8, 4) is 11.1 Å². The number of hydrogen-bond acceptors (Lipinski definition) is 2. The van der Waals surface area contributed by atoms with Gasteiger partial charge in [-0.05, 0) is 23.8 Å². The lowest BCUT2D eigenvalue weighted by Gasteiger charge is -2.04. The fourth-order valence-electron chi connectivity index (χ4n) is 3.04. The molecule has 2 aromatic heterocycles. The van der Waals surface area contributed by atoms with Crippen LogP contribution in [0.3, 0.4) is 0 Å². The van der Waals surface area contributed by atoms with Crippen molar-refractivity contribution in [3.63, 3.8) is 0 Å². The van der Waals surface area contributed by atoms with Crippen LogP contribution in [0.25, 0.3) is 22.0 Å². The number of benzene rings is 2. The molecule has 4 aromatic rings. The highest BCUT2D eigenvalue weighted by atomic mass is 16.2. The van der Waals surface area contributed by atoms with Crippen LogP contribution in [0.4, 0.5) is 0 Å². The minimum atomic E-state index is -0.273. The third kappa shape index (κ3) is 2.91. The van der Waals surface area contributed by atoms with Gasteiger partial charge in [0.15, 0.2) is 0 Å². The summed E-state index contributed by atoms with van der Waals surface area (Å²) in [6.45, 7) is 0. The standard InChI is InChI=1S/C21H18N4O/c1-25-13-7-10-16(25)14-22-24-21(26)20-19(15-8-3-2-4-9-15)17-11-5-6-12-18(17)23-20/h2-14,23H,1H3,(H,24,26)/b22-14+. The van der Waals surface area contributed by atoms with Crippen molar-refractivity contribution in [3.05, 3.63) is 84.3 Å². The molecule has 2 aromatic carbocycles. The van der Waals surface area contributed by atoms with E-state index in [1.54, 1.807) is 6.21 Å². The summed E-state index contributed by atoms with van der Waals surface area (Å²) in [5.74, 6) is -0.273. The van der Waals surface area contributed by atoms with Gasteiger partial charge in [-0.3, -0.25) is 4.79 Å². The zero-order valence-electron chi connectivity index (χ0n) is 14.3. The summed E-state index contributed by atoms with van der Waals surface area (Å²) in [5.41, 5.74) is 6.82. The predicted molar refractivity (Wildman–Crippen MR) is 104 cm³/mol. The molecule has 0 atom stereocenters. The van der Waals surface area contributed by atoms with Crippen LogP contribution in [0.15, 0.2) is 78.0 Å². The first-order valence-electron chi connectivity index (χ1n) is 8.35. The van der Waals surface area contributed by atoms with Crippen LogP contribution in [0.1, 0.15) is 16.2 Å². The Morgan fingerprint density at radius 1 is 1.04 bits per heavy atom. The van der Waals surface area contributed by atoms with Gasteiger partial charge in [0.25, 0.3) is 5.91 Å². The zero-order valence-corrected chi connectivity index (χ0v) is 14.3. The van der Waals surface area contributed by atoms with E-state index in [1.807, 2.05) is 84.5 Å². The highest BCUT2D eigenvalue weighted by molar-refractivity contribution is 6.09. The third-order valence-corrected chi connectivity index (χ3v) is 4.34. The van der Waals surface area contributed by atoms with E-state index in [-0.39, 0.29) is 5.91 Å². The molecule has 0 spiro atoms. The second kappa shape index (κ2) is 6.72. The number of rotatable bonds is 4. The molecule has 26 heavy (non-hydrogen) atoms. The maximum atomic E-state index is 12.8. The topological polar surface area (TPSA) is 62.2 Å². The average Bonchev–Trinajstić information content (AvgIpc) is 3.26. The van der Waals surface area contributed by atoms with Crippen LogP contribution in [0, 0.1) is 0 Å². The quantitative estimate of drug-likeness (QED) is 0.428. The number of carbonyl (C=O) groups excluding carboxylic acids is 1. The van der Waals surface area contributed by atoms with Crippen LogP contribution in [-0.4, -0.2) is 21.7 Å². The van der Waals surface area contributed by atoms with E-state index in [9.17, 15) is 4.79 Å². The van der Waals surface area contributed by atoms with E-state index >= 15 is 0 Å². The van der Waals surface area contributed by atoms with E-state index in [0.29, 0.717) is 5.69 Å². The number of fused-ring (bicyclic) bond motifs is 1. The number of para-hydroxylation sites is 1. The minimum Gasteiger partial charge on any atom is -0.350 e. The number of carbonyl (C=O) groups is 1. The third-order valence-electron chi connectivity index (χ3n) is 4.34. The summed E-state index contributed by atoms with van der Waals surface area (Å²) in [6.07, 6.45) is 3.55. The highest BCUT2D eigenvalue weighted by Gasteiger charge is 2.18. The molecule has 0 bridgehead atoms. The van der Waals surface area contributed by atoms with Gasteiger partial charge in [-0.1, -0.05) is 48.5 Å². The van der Waals surface area contributed by atoms with Crippen LogP contribution >= 0.6 is 0 Å². The van der Waals surface area contributed by atoms with Crippen molar-refractivity contribution < 1.29 is 4.79 Å². The molecule has 4 rings (SSSR count). The molecule has 0 radical (unpaired) electrons. The number of amides is 1. The van der Waals surface area contributed by atoms with Crippen LogP contribution < -0.4 is 5.43 Å². The monoisotopic (exact) mass is 342 g/mol. The second-order valence-electron chi connectivity index (χ2n) is 6.03. The van der Waals surface area contributed by atoms with Crippen LogP contribution in [0.2, 0.25) is 0 Å². The van der Waals surface area contributed by atoms with E-state index in [1.165, 1.54) is 0 Å². The summed E-state index contributed by atoms with van der Waals surface area (Å²) in [6, 6.07) is 21.6. The Labute approximate surface area is 151 Å². The fraction of sp³-hybridized carbons (Fsp3) is 0.0476. The molecule has 0 aliphatic rings. The van der Waals surface area contributed by atoms with Gasteiger partial charge in [0, 0.05) is 29.7 Å². The first-order valence-corrected chi connectivity index (χ1v) is 8.35. The van der Waals surface area contributed by atoms with E-state index in [2.05, 4.69) is 15.5 Å². The molecule has 0 saturated heterocycles. The van der Waals surface area contributed by atoms with Gasteiger partial charge in [-0.15, -0.1) is 0 Å². The number of hydrazone groups is 1. The van der Waals surface area contributed by atoms with Gasteiger partial charge in [-0.25, -0.2) is 5.43 Å². The molecule has 0 aliphatic heterocycles. The summed E-state index contributed by atoms with van der Waals surface area (Å²) in [5, 5.41) is 5.10. The van der Waals surface area contributed by atoms with E-state index in [0.717, 1.165) is 27.7 Å². The summed E-state index contributed by atoms with van der Waals surface area (Å²) in [4.78, 5) is 16.0. The number of aromatic amines is 1. The van der Waals surface area contributed by atoms with Crippen molar-refractivity contribution >= 4 is 23.0 Å². The fourth-order valence-corrected chi connectivity index (χ4v) is 3.04. The maximum absolute atomic E-state index is 12.8. The first kappa shape index (κ1) is 15.9. The molecular formula is C21H18N4O. The van der Waals surface area contributed by atoms with Gasteiger partial charge in [0.1, 0.15) is 5.69 Å². The molecule has 2 N–H and O–H groups in total. The number of H-pyrrole nitrogens is 1. The SMILES string of the molecule is Cn1cccc1/C=N/NC(=O)c1[nH]c2ccccc2c1-c1ccccc1. The largest absolute Gasteiger partial charge is 0.350 e. The summed E-state index contributed by atoms with van der Waals surface area (Å²) < 4.78 is 1.92. The smallest absolute Gasteiger partial charge is 0.288 e. The number of aromatic nitrogens is 2. The van der Waals surface area contributed by atoms with Gasteiger partial charge >= 0.3 is 0 Å². The molecule has 0 unspecified atom stereocenters. The number of nitrogens with zero attached hydrogens (tertiary/aromatic N) is 2. The summed E-state index contributed by atoms with van der Waals surface area (Å²) >= 11 is 0. The molecule has 1 amide bonds. The van der Waals surface area contributed by atoms with Gasteiger partial charge < -0.3 is 9.55 Å². The Morgan fingerprint density at radius 3 is 2.58 bits per heavy atom.